The maximum atomic E-state index is 5.53. The molecule has 84 valence electrons. The molecule has 0 saturated carbocycles. The van der Waals surface area contributed by atoms with E-state index in [1.807, 2.05) is 11.8 Å². The molecule has 0 spiro atoms. The van der Waals surface area contributed by atoms with Gasteiger partial charge >= 0.3 is 0 Å². The third-order valence-electron chi connectivity index (χ3n) is 2.00. The van der Waals surface area contributed by atoms with E-state index < -0.39 is 0 Å². The lowest BCUT2D eigenvalue weighted by molar-refractivity contribution is 0.750. The molecule has 1 rings (SSSR count). The first-order chi connectivity index (χ1) is 7.13. The minimum Gasteiger partial charge on any atom is -0.330 e. The van der Waals surface area contributed by atoms with Crippen LogP contribution in [0.25, 0.3) is 0 Å². The lowest BCUT2D eigenvalue weighted by Crippen LogP contribution is -2.02. The Morgan fingerprint density at radius 3 is 2.67 bits per heavy atom. The molecule has 1 aromatic rings. The molecule has 0 aliphatic carbocycles. The first-order valence-corrected chi connectivity index (χ1v) is 7.02. The highest BCUT2D eigenvalue weighted by Gasteiger charge is 2.03. The molecule has 15 heavy (non-hydrogen) atoms. The summed E-state index contributed by atoms with van der Waals surface area (Å²) in [7, 11) is 0. The van der Waals surface area contributed by atoms with Crippen LogP contribution in [0, 0.1) is 5.92 Å². The van der Waals surface area contributed by atoms with Crippen molar-refractivity contribution < 1.29 is 0 Å². The van der Waals surface area contributed by atoms with Gasteiger partial charge in [-0.15, -0.1) is 11.8 Å². The Morgan fingerprint density at radius 1 is 1.40 bits per heavy atom. The van der Waals surface area contributed by atoms with Gasteiger partial charge in [-0.2, -0.15) is 0 Å². The summed E-state index contributed by atoms with van der Waals surface area (Å²) in [5.41, 5.74) is 6.83. The van der Waals surface area contributed by atoms with Crippen molar-refractivity contribution in [3.8, 4) is 0 Å². The van der Waals surface area contributed by atoms with E-state index in [9.17, 15) is 0 Å². The molecule has 0 heterocycles. The zero-order valence-electron chi connectivity index (χ0n) is 9.29. The van der Waals surface area contributed by atoms with Crippen LogP contribution in [0.3, 0.4) is 0 Å². The van der Waals surface area contributed by atoms with Gasteiger partial charge in [0.1, 0.15) is 0 Å². The van der Waals surface area contributed by atoms with Crippen LogP contribution < -0.4 is 5.73 Å². The van der Waals surface area contributed by atoms with Crippen LogP contribution in [0.15, 0.2) is 27.6 Å². The van der Waals surface area contributed by atoms with E-state index in [0.29, 0.717) is 6.54 Å². The van der Waals surface area contributed by atoms with Crippen LogP contribution >= 0.6 is 27.7 Å². The SMILES string of the molecule is CC(C)CSc1ccc(CCN)cc1Br. The monoisotopic (exact) mass is 287 g/mol. The van der Waals surface area contributed by atoms with Crippen molar-refractivity contribution in [2.24, 2.45) is 11.7 Å². The van der Waals surface area contributed by atoms with Gasteiger partial charge in [0.2, 0.25) is 0 Å². The number of benzene rings is 1. The van der Waals surface area contributed by atoms with Gasteiger partial charge in [0, 0.05) is 15.1 Å². The average Bonchev–Trinajstić information content (AvgIpc) is 2.17. The topological polar surface area (TPSA) is 26.0 Å². The Hall–Kier alpha value is 0.01000. The van der Waals surface area contributed by atoms with Crippen molar-refractivity contribution in [2.75, 3.05) is 12.3 Å². The summed E-state index contributed by atoms with van der Waals surface area (Å²) in [5.74, 6) is 1.89. The lowest BCUT2D eigenvalue weighted by Gasteiger charge is -2.08. The van der Waals surface area contributed by atoms with Gasteiger partial charge in [0.25, 0.3) is 0 Å². The van der Waals surface area contributed by atoms with Crippen LogP contribution in [0.2, 0.25) is 0 Å². The van der Waals surface area contributed by atoms with E-state index in [4.69, 9.17) is 5.73 Å². The third kappa shape index (κ3) is 4.58. The first kappa shape index (κ1) is 13.1. The second kappa shape index (κ2) is 6.56. The summed E-state index contributed by atoms with van der Waals surface area (Å²) in [6, 6.07) is 6.53. The predicted molar refractivity (Wildman–Crippen MR) is 72.5 cm³/mol. The van der Waals surface area contributed by atoms with Gasteiger partial charge in [-0.3, -0.25) is 0 Å². The van der Waals surface area contributed by atoms with Gasteiger partial charge in [-0.25, -0.2) is 0 Å². The molecule has 0 unspecified atom stereocenters. The minimum absolute atomic E-state index is 0.713. The predicted octanol–water partition coefficient (Wildman–Crippen LogP) is 3.70. The summed E-state index contributed by atoms with van der Waals surface area (Å²) < 4.78 is 1.19. The molecule has 1 nitrogen and oxygen atoms in total. The van der Waals surface area contributed by atoms with E-state index in [2.05, 4.69) is 48.0 Å². The van der Waals surface area contributed by atoms with Crippen molar-refractivity contribution in [1.82, 2.24) is 0 Å². The Labute approximate surface area is 105 Å². The van der Waals surface area contributed by atoms with Crippen molar-refractivity contribution in [2.45, 2.75) is 25.2 Å². The molecule has 3 heteroatoms. The van der Waals surface area contributed by atoms with Crippen molar-refractivity contribution in [1.29, 1.82) is 0 Å². The Balaban J connectivity index is 2.66. The molecule has 2 N–H and O–H groups in total. The van der Waals surface area contributed by atoms with Gasteiger partial charge in [-0.1, -0.05) is 19.9 Å². The number of halogens is 1. The quantitative estimate of drug-likeness (QED) is 0.836. The lowest BCUT2D eigenvalue weighted by atomic mass is 10.2. The van der Waals surface area contributed by atoms with Gasteiger partial charge < -0.3 is 5.73 Å². The van der Waals surface area contributed by atoms with E-state index >= 15 is 0 Å². The maximum absolute atomic E-state index is 5.53. The molecule has 0 radical (unpaired) electrons. The number of thioether (sulfide) groups is 1. The number of hydrogen-bond acceptors (Lipinski definition) is 2. The molecular formula is C12H18BrNS. The average molecular weight is 288 g/mol. The second-order valence-corrected chi connectivity index (χ2v) is 5.92. The second-order valence-electron chi connectivity index (χ2n) is 4.01. The molecule has 0 aliphatic heterocycles. The van der Waals surface area contributed by atoms with Gasteiger partial charge in [-0.05, 0) is 52.5 Å². The number of rotatable bonds is 5. The van der Waals surface area contributed by atoms with E-state index in [1.165, 1.54) is 14.9 Å². The summed E-state index contributed by atoms with van der Waals surface area (Å²) in [4.78, 5) is 1.32. The van der Waals surface area contributed by atoms with Crippen molar-refractivity contribution in [3.63, 3.8) is 0 Å². The fourth-order valence-electron chi connectivity index (χ4n) is 1.24. The normalized spacial score (nSPS) is 11.0. The Morgan fingerprint density at radius 2 is 2.13 bits per heavy atom. The molecular weight excluding hydrogens is 270 g/mol. The van der Waals surface area contributed by atoms with Gasteiger partial charge in [0.15, 0.2) is 0 Å². The summed E-state index contributed by atoms with van der Waals surface area (Å²) in [6.07, 6.45) is 0.952. The van der Waals surface area contributed by atoms with Gasteiger partial charge in [0.05, 0.1) is 0 Å². The van der Waals surface area contributed by atoms with Crippen LogP contribution in [0.5, 0.6) is 0 Å². The summed E-state index contributed by atoms with van der Waals surface area (Å²) >= 11 is 5.51. The van der Waals surface area contributed by atoms with Crippen LogP contribution in [-0.4, -0.2) is 12.3 Å². The number of nitrogens with two attached hydrogens (primary N) is 1. The molecule has 0 fully saturated rings. The molecule has 0 aliphatic rings. The van der Waals surface area contributed by atoms with Crippen molar-refractivity contribution >= 4 is 27.7 Å². The van der Waals surface area contributed by atoms with Crippen LogP contribution in [0.4, 0.5) is 0 Å². The molecule has 0 saturated heterocycles. The van der Waals surface area contributed by atoms with E-state index in [0.717, 1.165) is 18.1 Å². The van der Waals surface area contributed by atoms with Crippen LogP contribution in [0.1, 0.15) is 19.4 Å². The highest BCUT2D eigenvalue weighted by Crippen LogP contribution is 2.29. The standard InChI is InChI=1S/C12H18BrNS/c1-9(2)8-15-12-4-3-10(5-6-14)7-11(12)13/h3-4,7,9H,5-6,8,14H2,1-2H3. The fourth-order valence-corrected chi connectivity index (χ4v) is 2.88. The maximum Gasteiger partial charge on any atom is 0.0313 e. The molecule has 0 atom stereocenters. The summed E-state index contributed by atoms with van der Waals surface area (Å²) in [6.45, 7) is 5.19. The van der Waals surface area contributed by atoms with Crippen LogP contribution in [-0.2, 0) is 6.42 Å². The molecule has 0 bridgehead atoms. The highest BCUT2D eigenvalue weighted by atomic mass is 79.9. The zero-order chi connectivity index (χ0) is 11.3. The molecule has 1 aromatic carbocycles. The fraction of sp³-hybridized carbons (Fsp3) is 0.500. The first-order valence-electron chi connectivity index (χ1n) is 5.24. The Bertz CT molecular complexity index is 312. The largest absolute Gasteiger partial charge is 0.330 e. The molecule has 0 aromatic heterocycles. The number of hydrogen-bond donors (Lipinski definition) is 1. The molecule has 0 amide bonds. The van der Waals surface area contributed by atoms with E-state index in [1.54, 1.807) is 0 Å². The van der Waals surface area contributed by atoms with E-state index in [-0.39, 0.29) is 0 Å². The minimum atomic E-state index is 0.713. The van der Waals surface area contributed by atoms with Crippen molar-refractivity contribution in [3.05, 3.63) is 28.2 Å². The smallest absolute Gasteiger partial charge is 0.0313 e. The zero-order valence-corrected chi connectivity index (χ0v) is 11.7. The Kier molecular flexibility index (Phi) is 5.72. The third-order valence-corrected chi connectivity index (χ3v) is 4.42. The highest BCUT2D eigenvalue weighted by molar-refractivity contribution is 9.10. The summed E-state index contributed by atoms with van der Waals surface area (Å²) in [5, 5.41) is 0.